The first-order valence-electron chi connectivity index (χ1n) is 14.5. The standard InChI is InChI=1S/C31H36N8O3/c1-20-9-13-33-25(18-20)36-29(40)21-5-7-23(8-6-21)42-24-10-14-34-27-26(24)28(38-37-27)35-22-4-3-17-39(19-22)30(41)31(2)11-15-32-16-12-31/h5-10,13-14,18,22,32H,3-4,11-12,15-17,19H2,1-2H3,(H,33,36,40)(H2,34,35,37,38)/t22-/m1/s1. The number of nitrogens with zero attached hydrogens (tertiary/aromatic N) is 4. The van der Waals surface area contributed by atoms with Gasteiger partial charge in [0.05, 0.1) is 0 Å². The number of nitrogens with one attached hydrogen (secondary N) is 4. The first-order chi connectivity index (χ1) is 20.4. The van der Waals surface area contributed by atoms with Crippen LogP contribution in [0.3, 0.4) is 0 Å². The number of aryl methyl sites for hydroxylation is 1. The van der Waals surface area contributed by atoms with E-state index >= 15 is 0 Å². The van der Waals surface area contributed by atoms with E-state index in [0.717, 1.165) is 56.3 Å². The number of pyridine rings is 2. The number of carbonyl (C=O) groups is 2. The summed E-state index contributed by atoms with van der Waals surface area (Å²) in [5.41, 5.74) is 1.81. The molecule has 1 atom stereocenters. The van der Waals surface area contributed by atoms with Crippen LogP contribution in [-0.4, -0.2) is 69.1 Å². The topological polar surface area (TPSA) is 137 Å². The summed E-state index contributed by atoms with van der Waals surface area (Å²) in [6.07, 6.45) is 6.93. The average molecular weight is 569 g/mol. The molecule has 4 aromatic rings. The van der Waals surface area contributed by atoms with Crippen molar-refractivity contribution in [1.82, 2.24) is 30.4 Å². The van der Waals surface area contributed by atoms with Gasteiger partial charge in [0, 0.05) is 48.6 Å². The van der Waals surface area contributed by atoms with E-state index in [1.54, 1.807) is 42.7 Å². The summed E-state index contributed by atoms with van der Waals surface area (Å²) in [7, 11) is 0. The molecule has 0 unspecified atom stereocenters. The molecule has 2 aliphatic rings. The molecule has 11 heteroatoms. The number of carbonyl (C=O) groups excluding carboxylic acids is 2. The highest BCUT2D eigenvalue weighted by Crippen LogP contribution is 2.35. The summed E-state index contributed by atoms with van der Waals surface area (Å²) in [5.74, 6) is 2.31. The fourth-order valence-electron chi connectivity index (χ4n) is 5.75. The van der Waals surface area contributed by atoms with Gasteiger partial charge in [-0.1, -0.05) is 6.92 Å². The zero-order chi connectivity index (χ0) is 29.1. The third-order valence-electron chi connectivity index (χ3n) is 8.20. The van der Waals surface area contributed by atoms with Crippen LogP contribution in [0.2, 0.25) is 0 Å². The lowest BCUT2D eigenvalue weighted by Crippen LogP contribution is -2.52. The molecular weight excluding hydrogens is 532 g/mol. The van der Waals surface area contributed by atoms with Crippen molar-refractivity contribution in [2.24, 2.45) is 5.41 Å². The number of fused-ring (bicyclic) bond motifs is 1. The highest BCUT2D eigenvalue weighted by Gasteiger charge is 2.39. The molecule has 6 rings (SSSR count). The lowest BCUT2D eigenvalue weighted by Gasteiger charge is -2.41. The van der Waals surface area contributed by atoms with Gasteiger partial charge in [0.2, 0.25) is 5.91 Å². The monoisotopic (exact) mass is 568 g/mol. The number of ether oxygens (including phenoxy) is 1. The van der Waals surface area contributed by atoms with Crippen LogP contribution in [-0.2, 0) is 4.79 Å². The smallest absolute Gasteiger partial charge is 0.256 e. The number of anilines is 2. The second-order valence-electron chi connectivity index (χ2n) is 11.4. The van der Waals surface area contributed by atoms with Crippen LogP contribution in [0.15, 0.2) is 54.9 Å². The Kier molecular flexibility index (Phi) is 7.75. The van der Waals surface area contributed by atoms with Crippen molar-refractivity contribution >= 4 is 34.5 Å². The number of aromatic amines is 1. The molecule has 2 fully saturated rings. The number of hydrogen-bond donors (Lipinski definition) is 4. The molecule has 218 valence electrons. The van der Waals surface area contributed by atoms with Gasteiger partial charge in [-0.25, -0.2) is 9.97 Å². The molecular formula is C31H36N8O3. The highest BCUT2D eigenvalue weighted by molar-refractivity contribution is 6.03. The van der Waals surface area contributed by atoms with Crippen LogP contribution in [0.1, 0.15) is 48.5 Å². The van der Waals surface area contributed by atoms with Crippen molar-refractivity contribution in [3.8, 4) is 11.5 Å². The van der Waals surface area contributed by atoms with Crippen molar-refractivity contribution in [2.75, 3.05) is 36.8 Å². The third-order valence-corrected chi connectivity index (χ3v) is 8.20. The first-order valence-corrected chi connectivity index (χ1v) is 14.5. The van der Waals surface area contributed by atoms with Crippen molar-refractivity contribution in [1.29, 1.82) is 0 Å². The molecule has 3 aromatic heterocycles. The molecule has 0 spiro atoms. The molecule has 0 aliphatic carbocycles. The van der Waals surface area contributed by atoms with Gasteiger partial charge >= 0.3 is 0 Å². The Morgan fingerprint density at radius 2 is 1.86 bits per heavy atom. The summed E-state index contributed by atoms with van der Waals surface area (Å²) in [6.45, 7) is 7.23. The fourth-order valence-corrected chi connectivity index (χ4v) is 5.75. The third kappa shape index (κ3) is 5.91. The predicted octanol–water partition coefficient (Wildman–Crippen LogP) is 4.50. The molecule has 5 heterocycles. The second kappa shape index (κ2) is 11.8. The molecule has 2 saturated heterocycles. The molecule has 4 N–H and O–H groups in total. The van der Waals surface area contributed by atoms with Gasteiger partial charge < -0.3 is 25.6 Å². The summed E-state index contributed by atoms with van der Waals surface area (Å²) >= 11 is 0. The van der Waals surface area contributed by atoms with Crippen molar-refractivity contribution in [3.05, 3.63) is 66.0 Å². The zero-order valence-electron chi connectivity index (χ0n) is 23.9. The second-order valence-corrected chi connectivity index (χ2v) is 11.4. The lowest BCUT2D eigenvalue weighted by molar-refractivity contribution is -0.143. The predicted molar refractivity (Wildman–Crippen MR) is 161 cm³/mol. The van der Waals surface area contributed by atoms with E-state index < -0.39 is 0 Å². The Labute approximate surface area is 244 Å². The van der Waals surface area contributed by atoms with Crippen LogP contribution >= 0.6 is 0 Å². The molecule has 0 bridgehead atoms. The maximum absolute atomic E-state index is 13.5. The summed E-state index contributed by atoms with van der Waals surface area (Å²) in [4.78, 5) is 36.8. The summed E-state index contributed by atoms with van der Waals surface area (Å²) in [6, 6.07) is 12.5. The van der Waals surface area contributed by atoms with Gasteiger partial charge in [0.25, 0.3) is 5.91 Å². The normalized spacial score (nSPS) is 18.4. The molecule has 42 heavy (non-hydrogen) atoms. The van der Waals surface area contributed by atoms with Crippen LogP contribution in [0.25, 0.3) is 11.0 Å². The number of H-pyrrole nitrogens is 1. The van der Waals surface area contributed by atoms with Crippen molar-refractivity contribution in [2.45, 2.75) is 45.6 Å². The Bertz CT molecular complexity index is 1580. The zero-order valence-corrected chi connectivity index (χ0v) is 23.9. The molecule has 1 aromatic carbocycles. The number of hydrogen-bond acceptors (Lipinski definition) is 8. The largest absolute Gasteiger partial charge is 0.456 e. The minimum atomic E-state index is -0.301. The Morgan fingerprint density at radius 3 is 2.64 bits per heavy atom. The minimum absolute atomic E-state index is 0.0632. The number of piperidine rings is 2. The molecule has 11 nitrogen and oxygen atoms in total. The van der Waals surface area contributed by atoms with Gasteiger partial charge in [0.15, 0.2) is 11.5 Å². The molecule has 2 aliphatic heterocycles. The molecule has 0 radical (unpaired) electrons. The van der Waals surface area contributed by atoms with Gasteiger partial charge in [-0.05, 0) is 87.7 Å². The summed E-state index contributed by atoms with van der Waals surface area (Å²) < 4.78 is 6.25. The summed E-state index contributed by atoms with van der Waals surface area (Å²) in [5, 5.41) is 18.0. The van der Waals surface area contributed by atoms with E-state index in [9.17, 15) is 9.59 Å². The van der Waals surface area contributed by atoms with Crippen molar-refractivity contribution < 1.29 is 14.3 Å². The van der Waals surface area contributed by atoms with Crippen LogP contribution in [0, 0.1) is 12.3 Å². The van der Waals surface area contributed by atoms with E-state index in [1.165, 1.54) is 0 Å². The maximum atomic E-state index is 13.5. The van der Waals surface area contributed by atoms with Crippen molar-refractivity contribution in [3.63, 3.8) is 0 Å². The SMILES string of the molecule is Cc1ccnc(NC(=O)c2ccc(Oc3ccnc4[nH]nc(N[C@@H]5CCCN(C(=O)C6(C)CCNCC6)C5)c34)cc2)c1. The highest BCUT2D eigenvalue weighted by atomic mass is 16.5. The first kappa shape index (κ1) is 27.6. The van der Waals surface area contributed by atoms with Gasteiger partial charge in [-0.2, -0.15) is 5.10 Å². The number of aromatic nitrogens is 4. The molecule has 2 amide bonds. The van der Waals surface area contributed by atoms with E-state index in [-0.39, 0.29) is 23.3 Å². The van der Waals surface area contributed by atoms with Gasteiger partial charge in [0.1, 0.15) is 22.7 Å². The van der Waals surface area contributed by atoms with Gasteiger partial charge in [-0.15, -0.1) is 0 Å². The maximum Gasteiger partial charge on any atom is 0.256 e. The van der Waals surface area contributed by atoms with E-state index in [1.807, 2.05) is 24.0 Å². The van der Waals surface area contributed by atoms with E-state index in [0.29, 0.717) is 40.9 Å². The van der Waals surface area contributed by atoms with E-state index in [2.05, 4.69) is 43.0 Å². The van der Waals surface area contributed by atoms with Crippen LogP contribution < -0.4 is 20.7 Å². The number of benzene rings is 1. The number of likely N-dealkylation sites (tertiary alicyclic amines) is 1. The fraction of sp³-hybridized carbons (Fsp3) is 0.387. The molecule has 0 saturated carbocycles. The lowest BCUT2D eigenvalue weighted by atomic mass is 9.79. The number of amides is 2. The Balaban J connectivity index is 1.14. The minimum Gasteiger partial charge on any atom is -0.456 e. The van der Waals surface area contributed by atoms with Crippen LogP contribution in [0.5, 0.6) is 11.5 Å². The van der Waals surface area contributed by atoms with Crippen LogP contribution in [0.4, 0.5) is 11.6 Å². The van der Waals surface area contributed by atoms with E-state index in [4.69, 9.17) is 4.74 Å². The quantitative estimate of drug-likeness (QED) is 0.256. The van der Waals surface area contributed by atoms with Gasteiger partial charge in [-0.3, -0.25) is 14.7 Å². The number of rotatable bonds is 7. The Hall–Kier alpha value is -4.51. The average Bonchev–Trinajstić information content (AvgIpc) is 3.41. The Morgan fingerprint density at radius 1 is 1.07 bits per heavy atom.